The largest absolute Gasteiger partial charge is 0.497 e. The Hall–Kier alpha value is -4.41. The van der Waals surface area contributed by atoms with Gasteiger partial charge in [-0.15, -0.1) is 0 Å². The molecule has 2 amide bonds. The maximum atomic E-state index is 14.5. The molecule has 8 nitrogen and oxygen atoms in total. The summed E-state index contributed by atoms with van der Waals surface area (Å²) in [5, 5.41) is 3.50. The molecule has 0 saturated heterocycles. The molecule has 4 aromatic carbocycles. The summed E-state index contributed by atoms with van der Waals surface area (Å²) in [4.78, 5) is 29.6. The number of nitrogens with zero attached hydrogens (tertiary/aromatic N) is 2. The zero-order valence-electron chi connectivity index (χ0n) is 25.9. The normalized spacial score (nSPS) is 12.5. The van der Waals surface area contributed by atoms with E-state index in [0.29, 0.717) is 22.8 Å². The molecule has 2 atom stereocenters. The van der Waals surface area contributed by atoms with E-state index in [1.165, 1.54) is 48.4 Å². The summed E-state index contributed by atoms with van der Waals surface area (Å²) in [6.45, 7) is 3.16. The highest BCUT2D eigenvalue weighted by atomic mass is 35.5. The molecule has 0 radical (unpaired) electrons. The molecular weight excluding hydrogens is 629 g/mol. The van der Waals surface area contributed by atoms with Crippen molar-refractivity contribution >= 4 is 39.1 Å². The fourth-order valence-electron chi connectivity index (χ4n) is 4.79. The van der Waals surface area contributed by atoms with Crippen LogP contribution in [0.2, 0.25) is 5.02 Å². The summed E-state index contributed by atoms with van der Waals surface area (Å²) in [5.41, 5.74) is 1.60. The van der Waals surface area contributed by atoms with Crippen molar-refractivity contribution in [2.45, 2.75) is 50.2 Å². The summed E-state index contributed by atoms with van der Waals surface area (Å²) in [7, 11) is -2.87. The minimum atomic E-state index is -4.34. The fourth-order valence-corrected chi connectivity index (χ4v) is 6.33. The van der Waals surface area contributed by atoms with Crippen molar-refractivity contribution in [1.29, 1.82) is 0 Å². The van der Waals surface area contributed by atoms with Gasteiger partial charge in [-0.25, -0.2) is 12.8 Å². The topological polar surface area (TPSA) is 96.0 Å². The molecule has 0 heterocycles. The van der Waals surface area contributed by atoms with Crippen LogP contribution in [0, 0.1) is 5.82 Å². The predicted octanol–water partition coefficient (Wildman–Crippen LogP) is 6.24. The standard InChI is InChI=1S/C35H37ClFN3O5S/c1-4-25(2)38-35(42)33(22-26-8-6-5-7-9-26)39(23-27-10-12-28(36)13-11-27)34(41)24-40(30-16-14-29(37)15-17-30)46(43,44)32-20-18-31(45-3)19-21-32/h5-21,25,33H,4,22-24H2,1-3H3,(H,38,42)/t25-,33-/m1/s1. The molecule has 0 aliphatic carbocycles. The average Bonchev–Trinajstić information content (AvgIpc) is 3.06. The van der Waals surface area contributed by atoms with Gasteiger partial charge in [0.15, 0.2) is 0 Å². The second kappa shape index (κ2) is 15.7. The van der Waals surface area contributed by atoms with E-state index in [9.17, 15) is 22.4 Å². The maximum Gasteiger partial charge on any atom is 0.264 e. The first-order valence-corrected chi connectivity index (χ1v) is 16.6. The van der Waals surface area contributed by atoms with Gasteiger partial charge in [0, 0.05) is 24.0 Å². The van der Waals surface area contributed by atoms with Gasteiger partial charge in [-0.05, 0) is 85.1 Å². The van der Waals surface area contributed by atoms with E-state index in [1.54, 1.807) is 24.3 Å². The number of carbonyl (C=O) groups is 2. The summed E-state index contributed by atoms with van der Waals surface area (Å²) in [6.07, 6.45) is 0.859. The van der Waals surface area contributed by atoms with E-state index in [4.69, 9.17) is 16.3 Å². The van der Waals surface area contributed by atoms with Gasteiger partial charge in [0.25, 0.3) is 10.0 Å². The highest BCUT2D eigenvalue weighted by Gasteiger charge is 2.35. The quantitative estimate of drug-likeness (QED) is 0.172. The van der Waals surface area contributed by atoms with Gasteiger partial charge in [0.05, 0.1) is 17.7 Å². The van der Waals surface area contributed by atoms with Crippen LogP contribution in [0.25, 0.3) is 0 Å². The number of carbonyl (C=O) groups excluding carboxylic acids is 2. The van der Waals surface area contributed by atoms with Crippen LogP contribution < -0.4 is 14.4 Å². The second-order valence-corrected chi connectivity index (χ2v) is 13.1. The number of benzene rings is 4. The Kier molecular flexibility index (Phi) is 11.8. The van der Waals surface area contributed by atoms with E-state index in [-0.39, 0.29) is 35.5 Å². The molecule has 0 aromatic heterocycles. The zero-order chi connectivity index (χ0) is 33.3. The summed E-state index contributed by atoms with van der Waals surface area (Å²) < 4.78 is 48.2. The lowest BCUT2D eigenvalue weighted by molar-refractivity contribution is -0.140. The number of hydrogen-bond donors (Lipinski definition) is 1. The number of halogens is 2. The molecule has 0 aliphatic heterocycles. The van der Waals surface area contributed by atoms with Crippen LogP contribution >= 0.6 is 11.6 Å². The van der Waals surface area contributed by atoms with Crippen LogP contribution in [0.1, 0.15) is 31.4 Å². The van der Waals surface area contributed by atoms with Crippen LogP contribution in [0.15, 0.2) is 108 Å². The van der Waals surface area contributed by atoms with Gasteiger partial charge in [0.1, 0.15) is 24.2 Å². The third-order valence-corrected chi connectivity index (χ3v) is 9.62. The number of sulfonamides is 1. The first-order chi connectivity index (χ1) is 22.0. The first-order valence-electron chi connectivity index (χ1n) is 14.8. The lowest BCUT2D eigenvalue weighted by Crippen LogP contribution is -2.54. The summed E-state index contributed by atoms with van der Waals surface area (Å²) >= 11 is 6.13. The van der Waals surface area contributed by atoms with Crippen LogP contribution in [-0.2, 0) is 32.6 Å². The Balaban J connectivity index is 1.80. The molecule has 4 rings (SSSR count). The summed E-state index contributed by atoms with van der Waals surface area (Å²) in [5.74, 6) is -1.11. The second-order valence-electron chi connectivity index (χ2n) is 10.8. The SMILES string of the molecule is CC[C@@H](C)NC(=O)[C@@H](Cc1ccccc1)N(Cc1ccc(Cl)cc1)C(=O)CN(c1ccc(F)cc1)S(=O)(=O)c1ccc(OC)cc1. The molecule has 0 saturated carbocycles. The molecule has 242 valence electrons. The molecule has 0 fully saturated rings. The molecule has 46 heavy (non-hydrogen) atoms. The van der Waals surface area contributed by atoms with Gasteiger partial charge in [-0.3, -0.25) is 13.9 Å². The van der Waals surface area contributed by atoms with Gasteiger partial charge in [0.2, 0.25) is 11.8 Å². The van der Waals surface area contributed by atoms with E-state index in [1.807, 2.05) is 44.2 Å². The van der Waals surface area contributed by atoms with Gasteiger partial charge >= 0.3 is 0 Å². The van der Waals surface area contributed by atoms with Crippen molar-refractivity contribution in [3.8, 4) is 5.75 Å². The Morgan fingerprint density at radius 3 is 2.11 bits per heavy atom. The van der Waals surface area contributed by atoms with E-state index in [0.717, 1.165) is 22.0 Å². The van der Waals surface area contributed by atoms with Crippen LogP contribution in [0.5, 0.6) is 5.75 Å². The lowest BCUT2D eigenvalue weighted by atomic mass is 10.0. The van der Waals surface area contributed by atoms with Crippen molar-refractivity contribution in [1.82, 2.24) is 10.2 Å². The van der Waals surface area contributed by atoms with Gasteiger partial charge in [-0.1, -0.05) is 61.0 Å². The Bertz CT molecular complexity index is 1700. The number of hydrogen-bond acceptors (Lipinski definition) is 5. The minimum absolute atomic E-state index is 0.00126. The Morgan fingerprint density at radius 2 is 1.52 bits per heavy atom. The van der Waals surface area contributed by atoms with Crippen molar-refractivity contribution in [3.05, 3.63) is 125 Å². The first kappa shape index (κ1) is 34.5. The minimum Gasteiger partial charge on any atom is -0.497 e. The number of rotatable bonds is 14. The molecule has 4 aromatic rings. The van der Waals surface area contributed by atoms with Gasteiger partial charge in [-0.2, -0.15) is 0 Å². The van der Waals surface area contributed by atoms with E-state index in [2.05, 4.69) is 5.32 Å². The molecule has 0 unspecified atom stereocenters. The fraction of sp³-hybridized carbons (Fsp3) is 0.257. The monoisotopic (exact) mass is 665 g/mol. The average molecular weight is 666 g/mol. The van der Waals surface area contributed by atoms with Crippen LogP contribution in [0.3, 0.4) is 0 Å². The highest BCUT2D eigenvalue weighted by Crippen LogP contribution is 2.27. The number of nitrogens with one attached hydrogen (secondary N) is 1. The number of methoxy groups -OCH3 is 1. The highest BCUT2D eigenvalue weighted by molar-refractivity contribution is 7.92. The number of anilines is 1. The van der Waals surface area contributed by atoms with Crippen LogP contribution in [0.4, 0.5) is 10.1 Å². The van der Waals surface area contributed by atoms with E-state index >= 15 is 0 Å². The zero-order valence-corrected chi connectivity index (χ0v) is 27.5. The van der Waals surface area contributed by atoms with Crippen molar-refractivity contribution < 1.29 is 27.1 Å². The number of ether oxygens (including phenoxy) is 1. The smallest absolute Gasteiger partial charge is 0.264 e. The van der Waals surface area contributed by atoms with Crippen LogP contribution in [-0.4, -0.2) is 50.9 Å². The van der Waals surface area contributed by atoms with Gasteiger partial charge < -0.3 is 15.0 Å². The molecule has 11 heteroatoms. The molecular formula is C35H37ClFN3O5S. The van der Waals surface area contributed by atoms with Crippen molar-refractivity contribution in [2.24, 2.45) is 0 Å². The van der Waals surface area contributed by atoms with Crippen molar-refractivity contribution in [2.75, 3.05) is 18.0 Å². The molecule has 0 aliphatic rings. The number of amides is 2. The molecule has 1 N–H and O–H groups in total. The molecule has 0 spiro atoms. The Morgan fingerprint density at radius 1 is 0.891 bits per heavy atom. The Labute approximate surface area is 274 Å². The third kappa shape index (κ3) is 8.86. The van der Waals surface area contributed by atoms with Crippen molar-refractivity contribution in [3.63, 3.8) is 0 Å². The predicted molar refractivity (Wildman–Crippen MR) is 178 cm³/mol. The lowest BCUT2D eigenvalue weighted by Gasteiger charge is -2.34. The maximum absolute atomic E-state index is 14.5. The van der Waals surface area contributed by atoms with E-state index < -0.39 is 34.3 Å². The third-order valence-electron chi connectivity index (χ3n) is 7.58. The molecule has 0 bridgehead atoms. The summed E-state index contributed by atoms with van der Waals surface area (Å²) in [6, 6.07) is 25.6.